The minimum absolute atomic E-state index is 0.661. The van der Waals surface area contributed by atoms with Crippen molar-refractivity contribution in [2.75, 3.05) is 7.05 Å². The first kappa shape index (κ1) is 17.0. The van der Waals surface area contributed by atoms with Crippen LogP contribution in [0.4, 0.5) is 13.2 Å². The lowest BCUT2D eigenvalue weighted by molar-refractivity contribution is -0.140. The molecule has 1 nitrogen and oxygen atoms in total. The third kappa shape index (κ3) is 4.23. The smallest absolute Gasteiger partial charge is 0.313 e. The molecule has 1 aromatic rings. The van der Waals surface area contributed by atoms with Gasteiger partial charge in [-0.1, -0.05) is 32.9 Å². The van der Waals surface area contributed by atoms with Crippen LogP contribution in [0.2, 0.25) is 0 Å². The first-order valence-corrected chi connectivity index (χ1v) is 7.24. The standard InChI is InChI=1S/C16H24F3N/c1-5-11-8-12(6-2)15(13(7-3)9-11)14(20-4)10-16(17,18)19/h8-9,14,20H,5-7,10H2,1-4H3. The van der Waals surface area contributed by atoms with E-state index in [-0.39, 0.29) is 0 Å². The lowest BCUT2D eigenvalue weighted by Gasteiger charge is -2.25. The van der Waals surface area contributed by atoms with Gasteiger partial charge in [0.25, 0.3) is 0 Å². The van der Waals surface area contributed by atoms with E-state index in [2.05, 4.69) is 24.4 Å². The van der Waals surface area contributed by atoms with Crippen LogP contribution in [0.3, 0.4) is 0 Å². The van der Waals surface area contributed by atoms with Crippen LogP contribution < -0.4 is 5.32 Å². The van der Waals surface area contributed by atoms with Gasteiger partial charge < -0.3 is 5.32 Å². The summed E-state index contributed by atoms with van der Waals surface area (Å²) in [5.74, 6) is 0. The SMILES string of the molecule is CCc1cc(CC)c(C(CC(F)(F)F)NC)c(CC)c1. The van der Waals surface area contributed by atoms with Gasteiger partial charge in [-0.05, 0) is 48.6 Å². The third-order valence-corrected chi connectivity index (χ3v) is 3.71. The molecule has 0 saturated carbocycles. The van der Waals surface area contributed by atoms with Crippen LogP contribution >= 0.6 is 0 Å². The summed E-state index contributed by atoms with van der Waals surface area (Å²) in [5, 5.41) is 2.84. The molecule has 1 rings (SSSR count). The van der Waals surface area contributed by atoms with Gasteiger partial charge >= 0.3 is 6.18 Å². The van der Waals surface area contributed by atoms with E-state index in [1.54, 1.807) is 7.05 Å². The summed E-state index contributed by atoms with van der Waals surface area (Å²) < 4.78 is 38.3. The summed E-state index contributed by atoms with van der Waals surface area (Å²) >= 11 is 0. The fourth-order valence-corrected chi connectivity index (χ4v) is 2.67. The van der Waals surface area contributed by atoms with Crippen molar-refractivity contribution in [3.63, 3.8) is 0 Å². The Morgan fingerprint density at radius 3 is 1.80 bits per heavy atom. The molecule has 0 fully saturated rings. The molecular weight excluding hydrogens is 263 g/mol. The van der Waals surface area contributed by atoms with Crippen molar-refractivity contribution in [1.29, 1.82) is 0 Å². The number of aryl methyl sites for hydroxylation is 3. The van der Waals surface area contributed by atoms with Crippen molar-refractivity contribution < 1.29 is 13.2 Å². The van der Waals surface area contributed by atoms with Crippen molar-refractivity contribution in [2.45, 2.75) is 58.7 Å². The van der Waals surface area contributed by atoms with Gasteiger partial charge in [0.05, 0.1) is 6.42 Å². The second kappa shape index (κ2) is 7.11. The van der Waals surface area contributed by atoms with Crippen LogP contribution in [0.15, 0.2) is 12.1 Å². The van der Waals surface area contributed by atoms with Gasteiger partial charge in [-0.3, -0.25) is 0 Å². The fraction of sp³-hybridized carbons (Fsp3) is 0.625. The van der Waals surface area contributed by atoms with E-state index in [0.29, 0.717) is 0 Å². The number of halogens is 3. The number of nitrogens with one attached hydrogen (secondary N) is 1. The summed E-state index contributed by atoms with van der Waals surface area (Å²) in [5.41, 5.74) is 4.10. The molecule has 114 valence electrons. The number of alkyl halides is 3. The first-order chi connectivity index (χ1) is 9.36. The van der Waals surface area contributed by atoms with Crippen LogP contribution in [-0.2, 0) is 19.3 Å². The van der Waals surface area contributed by atoms with E-state index < -0.39 is 18.6 Å². The molecule has 4 heteroatoms. The highest BCUT2D eigenvalue weighted by atomic mass is 19.4. The van der Waals surface area contributed by atoms with Gasteiger partial charge in [0, 0.05) is 6.04 Å². The first-order valence-electron chi connectivity index (χ1n) is 7.24. The van der Waals surface area contributed by atoms with Crippen molar-refractivity contribution in [3.8, 4) is 0 Å². The molecule has 0 amide bonds. The zero-order chi connectivity index (χ0) is 15.3. The van der Waals surface area contributed by atoms with Gasteiger partial charge in [-0.2, -0.15) is 13.2 Å². The fourth-order valence-electron chi connectivity index (χ4n) is 2.67. The van der Waals surface area contributed by atoms with Crippen LogP contribution in [0.5, 0.6) is 0 Å². The second-order valence-electron chi connectivity index (χ2n) is 5.05. The van der Waals surface area contributed by atoms with E-state index in [1.165, 1.54) is 5.56 Å². The van der Waals surface area contributed by atoms with Gasteiger partial charge in [0.15, 0.2) is 0 Å². The topological polar surface area (TPSA) is 12.0 Å². The zero-order valence-corrected chi connectivity index (χ0v) is 12.7. The summed E-state index contributed by atoms with van der Waals surface area (Å²) in [6, 6.07) is 3.44. The highest BCUT2D eigenvalue weighted by Crippen LogP contribution is 2.34. The Morgan fingerprint density at radius 2 is 1.50 bits per heavy atom. The average molecular weight is 287 g/mol. The maximum absolute atomic E-state index is 12.8. The predicted molar refractivity (Wildman–Crippen MR) is 77.0 cm³/mol. The summed E-state index contributed by atoms with van der Waals surface area (Å²) in [6.07, 6.45) is -2.57. The molecule has 0 aromatic heterocycles. The van der Waals surface area contributed by atoms with Crippen LogP contribution in [0.1, 0.15) is 55.5 Å². The van der Waals surface area contributed by atoms with Crippen LogP contribution in [-0.4, -0.2) is 13.2 Å². The minimum atomic E-state index is -4.16. The van der Waals surface area contributed by atoms with E-state index in [9.17, 15) is 13.2 Å². The molecule has 0 radical (unpaired) electrons. The highest BCUT2D eigenvalue weighted by molar-refractivity contribution is 5.42. The van der Waals surface area contributed by atoms with Crippen LogP contribution in [0.25, 0.3) is 0 Å². The lowest BCUT2D eigenvalue weighted by atomic mass is 9.88. The number of rotatable bonds is 6. The number of hydrogen-bond acceptors (Lipinski definition) is 1. The predicted octanol–water partition coefficient (Wildman–Crippen LogP) is 4.59. The zero-order valence-electron chi connectivity index (χ0n) is 12.7. The van der Waals surface area contributed by atoms with Crippen molar-refractivity contribution in [2.24, 2.45) is 0 Å². The molecule has 0 bridgehead atoms. The molecule has 1 aromatic carbocycles. The highest BCUT2D eigenvalue weighted by Gasteiger charge is 2.33. The lowest BCUT2D eigenvalue weighted by Crippen LogP contribution is -2.26. The summed E-state index contributed by atoms with van der Waals surface area (Å²) in [4.78, 5) is 0. The molecule has 1 atom stereocenters. The normalized spacial score (nSPS) is 13.6. The Hall–Kier alpha value is -1.03. The van der Waals surface area contributed by atoms with Gasteiger partial charge in [-0.25, -0.2) is 0 Å². The van der Waals surface area contributed by atoms with E-state index >= 15 is 0 Å². The van der Waals surface area contributed by atoms with Gasteiger partial charge in [0.1, 0.15) is 0 Å². The molecule has 0 saturated heterocycles. The summed E-state index contributed by atoms with van der Waals surface area (Å²) in [6.45, 7) is 6.06. The Bertz CT molecular complexity index is 413. The molecule has 20 heavy (non-hydrogen) atoms. The van der Waals surface area contributed by atoms with E-state index in [0.717, 1.165) is 36.0 Å². The Morgan fingerprint density at radius 1 is 1.00 bits per heavy atom. The maximum atomic E-state index is 12.8. The minimum Gasteiger partial charge on any atom is -0.313 e. The molecule has 0 heterocycles. The van der Waals surface area contributed by atoms with E-state index in [1.807, 2.05) is 13.8 Å². The van der Waals surface area contributed by atoms with Crippen molar-refractivity contribution >= 4 is 0 Å². The van der Waals surface area contributed by atoms with Crippen molar-refractivity contribution in [1.82, 2.24) is 5.32 Å². The Labute approximate surface area is 119 Å². The molecule has 1 unspecified atom stereocenters. The molecular formula is C16H24F3N. The molecule has 0 aliphatic carbocycles. The quantitative estimate of drug-likeness (QED) is 0.807. The average Bonchev–Trinajstić information content (AvgIpc) is 2.42. The largest absolute Gasteiger partial charge is 0.390 e. The summed E-state index contributed by atoms with van der Waals surface area (Å²) in [7, 11) is 1.60. The maximum Gasteiger partial charge on any atom is 0.390 e. The molecule has 0 aliphatic rings. The van der Waals surface area contributed by atoms with Gasteiger partial charge in [-0.15, -0.1) is 0 Å². The number of hydrogen-bond donors (Lipinski definition) is 1. The van der Waals surface area contributed by atoms with Crippen LogP contribution in [0, 0.1) is 0 Å². The Kier molecular flexibility index (Phi) is 6.06. The van der Waals surface area contributed by atoms with Crippen molar-refractivity contribution in [3.05, 3.63) is 34.4 Å². The number of benzene rings is 1. The monoisotopic (exact) mass is 287 g/mol. The molecule has 1 N–H and O–H groups in total. The Balaban J connectivity index is 3.31. The third-order valence-electron chi connectivity index (χ3n) is 3.71. The second-order valence-corrected chi connectivity index (χ2v) is 5.05. The van der Waals surface area contributed by atoms with Gasteiger partial charge in [0.2, 0.25) is 0 Å². The molecule has 0 spiro atoms. The molecule has 0 aliphatic heterocycles. The van der Waals surface area contributed by atoms with E-state index in [4.69, 9.17) is 0 Å².